The number of rotatable bonds is 4. The van der Waals surface area contributed by atoms with Crippen LogP contribution in [0.1, 0.15) is 0 Å². The summed E-state index contributed by atoms with van der Waals surface area (Å²) in [5.74, 6) is 1.58. The maximum atomic E-state index is 5.28. The van der Waals surface area contributed by atoms with Crippen LogP contribution in [0.15, 0.2) is 42.5 Å². The Morgan fingerprint density at radius 1 is 0.833 bits per heavy atom. The third kappa shape index (κ3) is 2.56. The van der Waals surface area contributed by atoms with Gasteiger partial charge in [0.2, 0.25) is 0 Å². The minimum Gasteiger partial charge on any atom is -0.497 e. The summed E-state index contributed by atoms with van der Waals surface area (Å²) in [6.07, 6.45) is 0. The van der Waals surface area contributed by atoms with E-state index in [1.807, 2.05) is 37.4 Å². The quantitative estimate of drug-likeness (QED) is 0.892. The average Bonchev–Trinajstić information content (AvgIpc) is 2.46. The van der Waals surface area contributed by atoms with Crippen molar-refractivity contribution in [3.05, 3.63) is 42.5 Å². The third-order valence-electron chi connectivity index (χ3n) is 2.84. The van der Waals surface area contributed by atoms with Gasteiger partial charge in [-0.05, 0) is 35.4 Å². The normalized spacial score (nSPS) is 9.94. The van der Waals surface area contributed by atoms with Crippen molar-refractivity contribution in [1.82, 2.24) is 0 Å². The molecule has 3 heteroatoms. The number of ether oxygens (including phenoxy) is 2. The first-order valence-electron chi connectivity index (χ1n) is 5.78. The summed E-state index contributed by atoms with van der Waals surface area (Å²) in [6, 6.07) is 14.1. The predicted octanol–water partition coefficient (Wildman–Crippen LogP) is 3.41. The number of nitrogens with one attached hydrogen (secondary N) is 1. The number of hydrogen-bond acceptors (Lipinski definition) is 3. The van der Waals surface area contributed by atoms with Gasteiger partial charge in [-0.25, -0.2) is 0 Å². The van der Waals surface area contributed by atoms with Crippen LogP contribution in [0.5, 0.6) is 11.5 Å². The summed E-state index contributed by atoms with van der Waals surface area (Å²) >= 11 is 0. The van der Waals surface area contributed by atoms with E-state index >= 15 is 0 Å². The van der Waals surface area contributed by atoms with Crippen LogP contribution >= 0.6 is 0 Å². The van der Waals surface area contributed by atoms with Crippen molar-refractivity contribution in [3.63, 3.8) is 0 Å². The van der Waals surface area contributed by atoms with Gasteiger partial charge in [0.1, 0.15) is 11.5 Å². The molecule has 0 aliphatic carbocycles. The zero-order chi connectivity index (χ0) is 13.0. The Morgan fingerprint density at radius 2 is 1.50 bits per heavy atom. The van der Waals surface area contributed by atoms with E-state index in [4.69, 9.17) is 9.47 Å². The monoisotopic (exact) mass is 243 g/mol. The number of benzene rings is 2. The van der Waals surface area contributed by atoms with Crippen molar-refractivity contribution < 1.29 is 9.47 Å². The molecule has 0 fully saturated rings. The van der Waals surface area contributed by atoms with Crippen LogP contribution in [0.3, 0.4) is 0 Å². The SMILES string of the molecule is CNc1cccc(-c2cc(OC)cc(OC)c2)c1. The second-order valence-electron chi connectivity index (χ2n) is 3.93. The molecule has 94 valence electrons. The third-order valence-corrected chi connectivity index (χ3v) is 2.84. The summed E-state index contributed by atoms with van der Waals surface area (Å²) in [7, 11) is 5.22. The Hall–Kier alpha value is -2.16. The molecule has 0 atom stereocenters. The van der Waals surface area contributed by atoms with Crippen molar-refractivity contribution in [3.8, 4) is 22.6 Å². The maximum Gasteiger partial charge on any atom is 0.123 e. The molecule has 0 heterocycles. The van der Waals surface area contributed by atoms with Gasteiger partial charge in [-0.3, -0.25) is 0 Å². The van der Waals surface area contributed by atoms with E-state index in [0.29, 0.717) is 0 Å². The molecule has 0 radical (unpaired) electrons. The van der Waals surface area contributed by atoms with Gasteiger partial charge < -0.3 is 14.8 Å². The Morgan fingerprint density at radius 3 is 2.06 bits per heavy atom. The maximum absolute atomic E-state index is 5.28. The highest BCUT2D eigenvalue weighted by atomic mass is 16.5. The lowest BCUT2D eigenvalue weighted by atomic mass is 10.0. The van der Waals surface area contributed by atoms with Crippen molar-refractivity contribution in [2.75, 3.05) is 26.6 Å². The predicted molar refractivity (Wildman–Crippen MR) is 74.5 cm³/mol. The standard InChI is InChI=1S/C15H17NO2/c1-16-13-6-4-5-11(7-13)12-8-14(17-2)10-15(9-12)18-3/h4-10,16H,1-3H3. The first kappa shape index (κ1) is 12.3. The van der Waals surface area contributed by atoms with Gasteiger partial charge in [-0.1, -0.05) is 12.1 Å². The average molecular weight is 243 g/mol. The highest BCUT2D eigenvalue weighted by Gasteiger charge is 2.04. The van der Waals surface area contributed by atoms with E-state index in [1.165, 1.54) is 0 Å². The molecule has 3 nitrogen and oxygen atoms in total. The van der Waals surface area contributed by atoms with Crippen molar-refractivity contribution in [2.45, 2.75) is 0 Å². The Bertz CT molecular complexity index is 516. The molecule has 0 spiro atoms. The molecular weight excluding hydrogens is 226 g/mol. The fraction of sp³-hybridized carbons (Fsp3) is 0.200. The zero-order valence-corrected chi connectivity index (χ0v) is 10.9. The molecule has 0 aliphatic heterocycles. The van der Waals surface area contributed by atoms with Gasteiger partial charge in [-0.2, -0.15) is 0 Å². The molecule has 2 aromatic rings. The van der Waals surface area contributed by atoms with Crippen LogP contribution in [-0.4, -0.2) is 21.3 Å². The smallest absolute Gasteiger partial charge is 0.123 e. The van der Waals surface area contributed by atoms with Gasteiger partial charge in [-0.15, -0.1) is 0 Å². The fourth-order valence-electron chi connectivity index (χ4n) is 1.83. The van der Waals surface area contributed by atoms with Crippen molar-refractivity contribution >= 4 is 5.69 Å². The largest absolute Gasteiger partial charge is 0.497 e. The fourth-order valence-corrected chi connectivity index (χ4v) is 1.83. The lowest BCUT2D eigenvalue weighted by Crippen LogP contribution is -1.90. The van der Waals surface area contributed by atoms with E-state index in [2.05, 4.69) is 17.4 Å². The van der Waals surface area contributed by atoms with Crippen LogP contribution in [0.2, 0.25) is 0 Å². The van der Waals surface area contributed by atoms with Crippen molar-refractivity contribution in [2.24, 2.45) is 0 Å². The summed E-state index contributed by atoms with van der Waals surface area (Å²) in [5, 5.41) is 3.13. The van der Waals surface area contributed by atoms with E-state index in [0.717, 1.165) is 28.3 Å². The second kappa shape index (κ2) is 5.45. The van der Waals surface area contributed by atoms with Gasteiger partial charge in [0, 0.05) is 18.8 Å². The van der Waals surface area contributed by atoms with Gasteiger partial charge in [0.25, 0.3) is 0 Å². The lowest BCUT2D eigenvalue weighted by Gasteiger charge is -2.09. The van der Waals surface area contributed by atoms with Crippen LogP contribution in [0.25, 0.3) is 11.1 Å². The van der Waals surface area contributed by atoms with E-state index in [9.17, 15) is 0 Å². The van der Waals surface area contributed by atoms with Gasteiger partial charge in [0.05, 0.1) is 14.2 Å². The van der Waals surface area contributed by atoms with Gasteiger partial charge in [0.15, 0.2) is 0 Å². The molecule has 0 bridgehead atoms. The van der Waals surface area contributed by atoms with Crippen molar-refractivity contribution in [1.29, 1.82) is 0 Å². The number of hydrogen-bond donors (Lipinski definition) is 1. The molecule has 1 N–H and O–H groups in total. The van der Waals surface area contributed by atoms with E-state index < -0.39 is 0 Å². The summed E-state index contributed by atoms with van der Waals surface area (Å²) in [5.41, 5.74) is 3.27. The molecule has 2 aromatic carbocycles. The summed E-state index contributed by atoms with van der Waals surface area (Å²) in [4.78, 5) is 0. The first-order valence-corrected chi connectivity index (χ1v) is 5.78. The molecule has 18 heavy (non-hydrogen) atoms. The van der Waals surface area contributed by atoms with E-state index in [1.54, 1.807) is 14.2 Å². The zero-order valence-electron chi connectivity index (χ0n) is 10.9. The highest BCUT2D eigenvalue weighted by Crippen LogP contribution is 2.30. The molecular formula is C15H17NO2. The minimum atomic E-state index is 0.791. The van der Waals surface area contributed by atoms with E-state index in [-0.39, 0.29) is 0 Å². The van der Waals surface area contributed by atoms with Crippen LogP contribution in [0.4, 0.5) is 5.69 Å². The Labute approximate surface area is 107 Å². The van der Waals surface area contributed by atoms with Crippen LogP contribution < -0.4 is 14.8 Å². The first-order chi connectivity index (χ1) is 8.76. The lowest BCUT2D eigenvalue weighted by molar-refractivity contribution is 0.394. The summed E-state index contributed by atoms with van der Waals surface area (Å²) < 4.78 is 10.6. The molecule has 0 aromatic heterocycles. The minimum absolute atomic E-state index is 0.791. The van der Waals surface area contributed by atoms with Crippen LogP contribution in [0, 0.1) is 0 Å². The topological polar surface area (TPSA) is 30.5 Å². The summed E-state index contributed by atoms with van der Waals surface area (Å²) in [6.45, 7) is 0. The Balaban J connectivity index is 2.48. The molecule has 0 saturated heterocycles. The highest BCUT2D eigenvalue weighted by molar-refractivity contribution is 5.70. The molecule has 2 rings (SSSR count). The van der Waals surface area contributed by atoms with Crippen LogP contribution in [-0.2, 0) is 0 Å². The molecule has 0 unspecified atom stereocenters. The molecule has 0 saturated carbocycles. The second-order valence-corrected chi connectivity index (χ2v) is 3.93. The molecule has 0 aliphatic rings. The number of anilines is 1. The van der Waals surface area contributed by atoms with Gasteiger partial charge >= 0.3 is 0 Å². The Kier molecular flexibility index (Phi) is 3.72. The number of methoxy groups -OCH3 is 2. The molecule has 0 amide bonds.